The first-order valence-electron chi connectivity index (χ1n) is 6.17. The molecule has 94 valence electrons. The average Bonchev–Trinajstić information content (AvgIpc) is 2.43. The van der Waals surface area contributed by atoms with Gasteiger partial charge in [0.25, 0.3) is 0 Å². The number of rotatable bonds is 1. The summed E-state index contributed by atoms with van der Waals surface area (Å²) in [5, 5.41) is 21.4. The summed E-state index contributed by atoms with van der Waals surface area (Å²) in [5.41, 5.74) is 2.93. The summed E-state index contributed by atoms with van der Waals surface area (Å²) in [5.74, 6) is 0.585. The van der Waals surface area contributed by atoms with E-state index in [4.69, 9.17) is 0 Å². The molecule has 3 rings (SSSR count). The lowest BCUT2D eigenvalue weighted by atomic mass is 9.96. The molecule has 0 aliphatic heterocycles. The van der Waals surface area contributed by atoms with E-state index in [-0.39, 0.29) is 5.75 Å². The van der Waals surface area contributed by atoms with Gasteiger partial charge in [-0.3, -0.25) is 0 Å². The van der Waals surface area contributed by atoms with Crippen LogP contribution < -0.4 is 0 Å². The maximum Gasteiger partial charge on any atom is 0.123 e. The molecule has 0 radical (unpaired) electrons. The number of benzene rings is 3. The zero-order valence-electron chi connectivity index (χ0n) is 10.6. The standard InChI is InChI=1S/C17H14O2/c1-11-10-12(6-8-16(11)18)13-7-9-17(19)15-5-3-2-4-14(13)15/h2-10,18-19H,1H3. The number of aromatic hydroxyl groups is 2. The highest BCUT2D eigenvalue weighted by atomic mass is 16.3. The second-order valence-electron chi connectivity index (χ2n) is 4.68. The lowest BCUT2D eigenvalue weighted by Gasteiger charge is -2.09. The molecule has 2 heteroatoms. The predicted octanol–water partition coefficient (Wildman–Crippen LogP) is 4.23. The molecule has 0 fully saturated rings. The Balaban J connectivity index is 2.31. The van der Waals surface area contributed by atoms with Gasteiger partial charge in [0.2, 0.25) is 0 Å². The molecule has 0 bridgehead atoms. The van der Waals surface area contributed by atoms with Crippen LogP contribution in [0.15, 0.2) is 54.6 Å². The zero-order valence-corrected chi connectivity index (χ0v) is 10.6. The minimum absolute atomic E-state index is 0.287. The monoisotopic (exact) mass is 250 g/mol. The molecule has 2 N–H and O–H groups in total. The van der Waals surface area contributed by atoms with Crippen LogP contribution in [0.25, 0.3) is 21.9 Å². The van der Waals surface area contributed by atoms with Crippen molar-refractivity contribution in [1.29, 1.82) is 0 Å². The molecule has 0 aliphatic carbocycles. The van der Waals surface area contributed by atoms with Crippen molar-refractivity contribution < 1.29 is 10.2 Å². The molecule has 0 aliphatic rings. The normalized spacial score (nSPS) is 10.8. The summed E-state index contributed by atoms with van der Waals surface area (Å²) in [6.07, 6.45) is 0. The minimum Gasteiger partial charge on any atom is -0.508 e. The Hall–Kier alpha value is -2.48. The number of hydrogen-bond donors (Lipinski definition) is 2. The molecule has 19 heavy (non-hydrogen) atoms. The van der Waals surface area contributed by atoms with Gasteiger partial charge in [0.05, 0.1) is 0 Å². The molecule has 3 aromatic carbocycles. The van der Waals surface area contributed by atoms with E-state index in [1.807, 2.05) is 49.4 Å². The third-order valence-electron chi connectivity index (χ3n) is 3.41. The quantitative estimate of drug-likeness (QED) is 0.678. The Kier molecular flexibility index (Phi) is 2.64. The molecule has 0 aromatic heterocycles. The lowest BCUT2D eigenvalue weighted by molar-refractivity contribution is 0.471. The van der Waals surface area contributed by atoms with E-state index in [0.717, 1.165) is 27.5 Å². The number of hydrogen-bond acceptors (Lipinski definition) is 2. The van der Waals surface area contributed by atoms with Gasteiger partial charge in [-0.05, 0) is 47.2 Å². The maximum absolute atomic E-state index is 9.90. The summed E-state index contributed by atoms with van der Waals surface area (Å²) < 4.78 is 0. The fourth-order valence-electron chi connectivity index (χ4n) is 2.36. The molecule has 0 saturated heterocycles. The topological polar surface area (TPSA) is 40.5 Å². The van der Waals surface area contributed by atoms with Gasteiger partial charge in [0, 0.05) is 5.39 Å². The van der Waals surface area contributed by atoms with Crippen LogP contribution in [-0.4, -0.2) is 10.2 Å². The van der Waals surface area contributed by atoms with Crippen molar-refractivity contribution in [2.45, 2.75) is 6.92 Å². The molecular weight excluding hydrogens is 236 g/mol. The first-order valence-corrected chi connectivity index (χ1v) is 6.17. The highest BCUT2D eigenvalue weighted by molar-refractivity contribution is 6.00. The van der Waals surface area contributed by atoms with Crippen LogP contribution in [-0.2, 0) is 0 Å². The Morgan fingerprint density at radius 2 is 1.42 bits per heavy atom. The Labute approximate surface area is 111 Å². The zero-order chi connectivity index (χ0) is 13.4. The Morgan fingerprint density at radius 3 is 2.16 bits per heavy atom. The molecule has 0 heterocycles. The van der Waals surface area contributed by atoms with Crippen molar-refractivity contribution >= 4 is 10.8 Å². The Morgan fingerprint density at radius 1 is 0.737 bits per heavy atom. The predicted molar refractivity (Wildman–Crippen MR) is 77.5 cm³/mol. The second kappa shape index (κ2) is 4.32. The summed E-state index contributed by atoms with van der Waals surface area (Å²) >= 11 is 0. The van der Waals surface area contributed by atoms with Crippen molar-refractivity contribution in [2.75, 3.05) is 0 Å². The van der Waals surface area contributed by atoms with Crippen LogP contribution in [0.5, 0.6) is 11.5 Å². The molecule has 0 amide bonds. The molecule has 0 unspecified atom stereocenters. The SMILES string of the molecule is Cc1cc(-c2ccc(O)c3ccccc23)ccc1O. The molecule has 0 saturated carbocycles. The van der Waals surface area contributed by atoms with Crippen molar-refractivity contribution in [3.05, 3.63) is 60.2 Å². The van der Waals surface area contributed by atoms with Gasteiger partial charge in [0.1, 0.15) is 11.5 Å². The molecule has 0 atom stereocenters. The van der Waals surface area contributed by atoms with Gasteiger partial charge in [-0.25, -0.2) is 0 Å². The summed E-state index contributed by atoms with van der Waals surface area (Å²) in [6.45, 7) is 1.88. The maximum atomic E-state index is 9.90. The summed E-state index contributed by atoms with van der Waals surface area (Å²) in [6, 6.07) is 16.9. The fourth-order valence-corrected chi connectivity index (χ4v) is 2.36. The van der Waals surface area contributed by atoms with Crippen molar-refractivity contribution in [3.8, 4) is 22.6 Å². The van der Waals surface area contributed by atoms with E-state index in [2.05, 4.69) is 0 Å². The van der Waals surface area contributed by atoms with E-state index >= 15 is 0 Å². The van der Waals surface area contributed by atoms with Gasteiger partial charge in [-0.2, -0.15) is 0 Å². The van der Waals surface area contributed by atoms with Crippen LogP contribution >= 0.6 is 0 Å². The first-order chi connectivity index (χ1) is 9.16. The van der Waals surface area contributed by atoms with E-state index in [0.29, 0.717) is 5.75 Å². The molecular formula is C17H14O2. The van der Waals surface area contributed by atoms with Crippen LogP contribution in [0.2, 0.25) is 0 Å². The van der Waals surface area contributed by atoms with E-state index in [1.54, 1.807) is 12.1 Å². The fraction of sp³-hybridized carbons (Fsp3) is 0.0588. The first kappa shape index (κ1) is 11.6. The number of aryl methyl sites for hydroxylation is 1. The smallest absolute Gasteiger partial charge is 0.123 e. The molecule has 2 nitrogen and oxygen atoms in total. The van der Waals surface area contributed by atoms with Gasteiger partial charge in [-0.15, -0.1) is 0 Å². The highest BCUT2D eigenvalue weighted by Crippen LogP contribution is 2.35. The van der Waals surface area contributed by atoms with Crippen molar-refractivity contribution in [3.63, 3.8) is 0 Å². The lowest BCUT2D eigenvalue weighted by Crippen LogP contribution is -1.83. The average molecular weight is 250 g/mol. The Bertz CT molecular complexity index is 760. The number of phenolic OH excluding ortho intramolecular Hbond substituents is 2. The van der Waals surface area contributed by atoms with E-state index in [9.17, 15) is 10.2 Å². The van der Waals surface area contributed by atoms with Crippen LogP contribution in [0.4, 0.5) is 0 Å². The van der Waals surface area contributed by atoms with E-state index in [1.165, 1.54) is 0 Å². The van der Waals surface area contributed by atoms with Gasteiger partial charge < -0.3 is 10.2 Å². The van der Waals surface area contributed by atoms with Crippen LogP contribution in [0, 0.1) is 6.92 Å². The minimum atomic E-state index is 0.287. The van der Waals surface area contributed by atoms with Gasteiger partial charge in [-0.1, -0.05) is 36.4 Å². The third-order valence-corrected chi connectivity index (χ3v) is 3.41. The third kappa shape index (κ3) is 1.91. The van der Waals surface area contributed by atoms with E-state index < -0.39 is 0 Å². The van der Waals surface area contributed by atoms with Crippen molar-refractivity contribution in [1.82, 2.24) is 0 Å². The van der Waals surface area contributed by atoms with Gasteiger partial charge in [0.15, 0.2) is 0 Å². The summed E-state index contributed by atoms with van der Waals surface area (Å²) in [4.78, 5) is 0. The van der Waals surface area contributed by atoms with Crippen LogP contribution in [0.1, 0.15) is 5.56 Å². The molecule has 0 spiro atoms. The highest BCUT2D eigenvalue weighted by Gasteiger charge is 2.07. The number of fused-ring (bicyclic) bond motifs is 1. The number of phenols is 2. The van der Waals surface area contributed by atoms with Crippen LogP contribution in [0.3, 0.4) is 0 Å². The second-order valence-corrected chi connectivity index (χ2v) is 4.68. The van der Waals surface area contributed by atoms with Gasteiger partial charge >= 0.3 is 0 Å². The largest absolute Gasteiger partial charge is 0.508 e. The summed E-state index contributed by atoms with van der Waals surface area (Å²) in [7, 11) is 0. The van der Waals surface area contributed by atoms with Crippen molar-refractivity contribution in [2.24, 2.45) is 0 Å². The molecule has 3 aromatic rings.